The van der Waals surface area contributed by atoms with Crippen molar-refractivity contribution in [3.8, 4) is 5.69 Å². The molecule has 0 atom stereocenters. The molecule has 6 heteroatoms. The second-order valence-electron chi connectivity index (χ2n) is 3.55. The van der Waals surface area contributed by atoms with E-state index >= 15 is 0 Å². The predicted molar refractivity (Wildman–Crippen MR) is 74.2 cm³/mol. The van der Waals surface area contributed by atoms with E-state index < -0.39 is 0 Å². The normalized spacial score (nSPS) is 10.7. The third kappa shape index (κ3) is 2.89. The average Bonchev–Trinajstić information content (AvgIpc) is 2.78. The SMILES string of the molecule is NC(N)=N/N=C/c1cccn1-c1ccc(Cl)cc1. The van der Waals surface area contributed by atoms with Gasteiger partial charge < -0.3 is 16.0 Å². The van der Waals surface area contributed by atoms with E-state index in [0.29, 0.717) is 5.02 Å². The fourth-order valence-corrected chi connectivity index (χ4v) is 1.62. The van der Waals surface area contributed by atoms with Crippen molar-refractivity contribution in [1.29, 1.82) is 0 Å². The van der Waals surface area contributed by atoms with Crippen LogP contribution in [0.2, 0.25) is 5.02 Å². The summed E-state index contributed by atoms with van der Waals surface area (Å²) in [6.07, 6.45) is 3.49. The zero-order chi connectivity index (χ0) is 13.0. The summed E-state index contributed by atoms with van der Waals surface area (Å²) in [5, 5.41) is 8.03. The van der Waals surface area contributed by atoms with Crippen LogP contribution in [0.4, 0.5) is 0 Å². The molecular weight excluding hydrogens is 250 g/mol. The van der Waals surface area contributed by atoms with Gasteiger partial charge in [0, 0.05) is 16.9 Å². The van der Waals surface area contributed by atoms with Gasteiger partial charge in [-0.05, 0) is 36.4 Å². The van der Waals surface area contributed by atoms with Crippen molar-refractivity contribution in [2.45, 2.75) is 0 Å². The summed E-state index contributed by atoms with van der Waals surface area (Å²) in [5.74, 6) is -0.0733. The number of hydrogen-bond donors (Lipinski definition) is 2. The number of guanidine groups is 1. The van der Waals surface area contributed by atoms with Gasteiger partial charge in [0.2, 0.25) is 5.96 Å². The molecule has 0 fully saturated rings. The summed E-state index contributed by atoms with van der Waals surface area (Å²) < 4.78 is 1.95. The molecule has 0 amide bonds. The van der Waals surface area contributed by atoms with Gasteiger partial charge in [0.25, 0.3) is 0 Å². The zero-order valence-corrected chi connectivity index (χ0v) is 10.2. The number of nitrogens with zero attached hydrogens (tertiary/aromatic N) is 3. The van der Waals surface area contributed by atoms with Crippen molar-refractivity contribution in [1.82, 2.24) is 4.57 Å². The van der Waals surface area contributed by atoms with Crippen LogP contribution in [0.25, 0.3) is 5.69 Å². The lowest BCUT2D eigenvalue weighted by Crippen LogP contribution is -2.21. The van der Waals surface area contributed by atoms with Gasteiger partial charge >= 0.3 is 0 Å². The van der Waals surface area contributed by atoms with E-state index in [1.807, 2.05) is 47.2 Å². The van der Waals surface area contributed by atoms with Gasteiger partial charge in [0.1, 0.15) is 0 Å². The molecular formula is C12H12ClN5. The topological polar surface area (TPSA) is 81.7 Å². The first kappa shape index (κ1) is 12.2. The van der Waals surface area contributed by atoms with Crippen LogP contribution in [0.15, 0.2) is 52.8 Å². The molecule has 0 spiro atoms. The fourth-order valence-electron chi connectivity index (χ4n) is 1.49. The molecule has 4 N–H and O–H groups in total. The van der Waals surface area contributed by atoms with E-state index in [4.69, 9.17) is 23.1 Å². The minimum Gasteiger partial charge on any atom is -0.369 e. The lowest BCUT2D eigenvalue weighted by atomic mass is 10.3. The maximum Gasteiger partial charge on any atom is 0.211 e. The minimum absolute atomic E-state index is 0.0733. The van der Waals surface area contributed by atoms with Gasteiger partial charge in [-0.25, -0.2) is 0 Å². The van der Waals surface area contributed by atoms with Crippen LogP contribution >= 0.6 is 11.6 Å². The Hall–Kier alpha value is -2.27. The number of halogens is 1. The molecule has 0 radical (unpaired) electrons. The number of aromatic nitrogens is 1. The molecule has 18 heavy (non-hydrogen) atoms. The van der Waals surface area contributed by atoms with E-state index in [-0.39, 0.29) is 5.96 Å². The molecule has 0 saturated carbocycles. The Labute approximate surface area is 109 Å². The molecule has 0 aliphatic heterocycles. The highest BCUT2D eigenvalue weighted by Crippen LogP contribution is 2.15. The average molecular weight is 262 g/mol. The summed E-state index contributed by atoms with van der Waals surface area (Å²) in [6, 6.07) is 11.3. The van der Waals surface area contributed by atoms with Crippen molar-refractivity contribution in [2.24, 2.45) is 21.7 Å². The predicted octanol–water partition coefficient (Wildman–Crippen LogP) is 1.74. The molecule has 0 aliphatic rings. The molecule has 1 aromatic heterocycles. The van der Waals surface area contributed by atoms with Crippen molar-refractivity contribution in [3.05, 3.63) is 53.3 Å². The van der Waals surface area contributed by atoms with Crippen LogP contribution < -0.4 is 11.5 Å². The van der Waals surface area contributed by atoms with Crippen LogP contribution in [0, 0.1) is 0 Å². The highest BCUT2D eigenvalue weighted by Gasteiger charge is 2.00. The molecule has 5 nitrogen and oxygen atoms in total. The lowest BCUT2D eigenvalue weighted by Gasteiger charge is -2.05. The van der Waals surface area contributed by atoms with Gasteiger partial charge in [-0.3, -0.25) is 0 Å². The van der Waals surface area contributed by atoms with Gasteiger partial charge in [0.05, 0.1) is 11.9 Å². The van der Waals surface area contributed by atoms with E-state index in [0.717, 1.165) is 11.4 Å². The molecule has 0 aliphatic carbocycles. The first-order valence-corrected chi connectivity index (χ1v) is 5.60. The highest BCUT2D eigenvalue weighted by molar-refractivity contribution is 6.30. The van der Waals surface area contributed by atoms with Crippen LogP contribution in [-0.4, -0.2) is 16.7 Å². The summed E-state index contributed by atoms with van der Waals surface area (Å²) in [5.41, 5.74) is 12.2. The molecule has 2 rings (SSSR count). The number of rotatable bonds is 3. The number of nitrogens with two attached hydrogens (primary N) is 2. The third-order valence-electron chi connectivity index (χ3n) is 2.25. The maximum atomic E-state index is 5.85. The first-order valence-electron chi connectivity index (χ1n) is 5.22. The van der Waals surface area contributed by atoms with Crippen LogP contribution in [0.1, 0.15) is 5.69 Å². The van der Waals surface area contributed by atoms with Gasteiger partial charge in [-0.2, -0.15) is 5.10 Å². The van der Waals surface area contributed by atoms with Crippen molar-refractivity contribution in [2.75, 3.05) is 0 Å². The largest absolute Gasteiger partial charge is 0.369 e. The molecule has 92 valence electrons. The summed E-state index contributed by atoms with van der Waals surface area (Å²) >= 11 is 5.85. The molecule has 1 heterocycles. The van der Waals surface area contributed by atoms with E-state index in [2.05, 4.69) is 10.2 Å². The van der Waals surface area contributed by atoms with Gasteiger partial charge in [0.15, 0.2) is 0 Å². The Morgan fingerprint density at radius 2 is 1.89 bits per heavy atom. The number of benzene rings is 1. The molecule has 1 aromatic carbocycles. The first-order chi connectivity index (χ1) is 8.66. The van der Waals surface area contributed by atoms with E-state index in [1.165, 1.54) is 0 Å². The fraction of sp³-hybridized carbons (Fsp3) is 0. The Balaban J connectivity index is 2.30. The Bertz CT molecular complexity index is 579. The van der Waals surface area contributed by atoms with Crippen molar-refractivity contribution >= 4 is 23.8 Å². The quantitative estimate of drug-likeness (QED) is 0.501. The highest BCUT2D eigenvalue weighted by atomic mass is 35.5. The lowest BCUT2D eigenvalue weighted by molar-refractivity contribution is 1.06. The Kier molecular flexibility index (Phi) is 3.64. The Morgan fingerprint density at radius 3 is 2.56 bits per heavy atom. The molecule has 0 saturated heterocycles. The number of hydrogen-bond acceptors (Lipinski definition) is 2. The van der Waals surface area contributed by atoms with Crippen molar-refractivity contribution < 1.29 is 0 Å². The summed E-state index contributed by atoms with van der Waals surface area (Å²) in [4.78, 5) is 0. The van der Waals surface area contributed by atoms with Crippen LogP contribution in [0.3, 0.4) is 0 Å². The smallest absolute Gasteiger partial charge is 0.211 e. The van der Waals surface area contributed by atoms with Crippen LogP contribution in [0.5, 0.6) is 0 Å². The Morgan fingerprint density at radius 1 is 1.17 bits per heavy atom. The second-order valence-corrected chi connectivity index (χ2v) is 3.99. The molecule has 0 unspecified atom stereocenters. The standard InChI is InChI=1S/C12H12ClN5/c13-9-3-5-10(6-4-9)18-7-1-2-11(18)8-16-17-12(14)15/h1-8H,(H4,14,15,17)/b16-8+. The van der Waals surface area contributed by atoms with E-state index in [1.54, 1.807) is 6.21 Å². The summed E-state index contributed by atoms with van der Waals surface area (Å²) in [7, 11) is 0. The van der Waals surface area contributed by atoms with Crippen molar-refractivity contribution in [3.63, 3.8) is 0 Å². The minimum atomic E-state index is -0.0733. The molecule has 0 bridgehead atoms. The third-order valence-corrected chi connectivity index (χ3v) is 2.50. The second kappa shape index (κ2) is 5.37. The van der Waals surface area contributed by atoms with Gasteiger partial charge in [-0.15, -0.1) is 5.10 Å². The maximum absolute atomic E-state index is 5.85. The monoisotopic (exact) mass is 261 g/mol. The molecule has 2 aromatic rings. The summed E-state index contributed by atoms with van der Waals surface area (Å²) in [6.45, 7) is 0. The van der Waals surface area contributed by atoms with Gasteiger partial charge in [-0.1, -0.05) is 11.6 Å². The van der Waals surface area contributed by atoms with Crippen LogP contribution in [-0.2, 0) is 0 Å². The zero-order valence-electron chi connectivity index (χ0n) is 9.49. The van der Waals surface area contributed by atoms with E-state index in [9.17, 15) is 0 Å².